The maximum absolute atomic E-state index is 12.9. The summed E-state index contributed by atoms with van der Waals surface area (Å²) in [5, 5.41) is 1.58. The minimum Gasteiger partial charge on any atom is -0.487 e. The molecule has 0 spiro atoms. The van der Waals surface area contributed by atoms with Crippen molar-refractivity contribution in [2.75, 3.05) is 6.54 Å². The van der Waals surface area contributed by atoms with Crippen molar-refractivity contribution in [3.63, 3.8) is 0 Å². The van der Waals surface area contributed by atoms with Gasteiger partial charge in [-0.2, -0.15) is 0 Å². The van der Waals surface area contributed by atoms with E-state index in [1.165, 1.54) is 22.8 Å². The summed E-state index contributed by atoms with van der Waals surface area (Å²) in [7, 11) is 0. The standard InChI is InChI=1S/C20H17FN6O2.ClH/c21-13-2-3-14(22-9-13)11-29-15-5-6-27(18(28)7-15)17-10-23-16-4-1-12-8-24-26-19(12)20(16)25-17;/h2-7,9-10,12,24,26H,1,8,11H2;1H. The number of rotatable bonds is 4. The Bertz CT molecular complexity index is 1260. The maximum Gasteiger partial charge on any atom is 0.260 e. The quantitative estimate of drug-likeness (QED) is 0.612. The molecule has 1 aliphatic heterocycles. The van der Waals surface area contributed by atoms with E-state index in [4.69, 9.17) is 4.74 Å². The molecule has 1 fully saturated rings. The van der Waals surface area contributed by atoms with Crippen molar-refractivity contribution in [2.24, 2.45) is 5.92 Å². The minimum atomic E-state index is -0.409. The predicted molar refractivity (Wildman–Crippen MR) is 110 cm³/mol. The Kier molecular flexibility index (Phi) is 5.47. The molecular weight excluding hydrogens is 411 g/mol. The van der Waals surface area contributed by atoms with Gasteiger partial charge in [0.2, 0.25) is 0 Å². The van der Waals surface area contributed by atoms with Gasteiger partial charge < -0.3 is 10.2 Å². The second-order valence-corrected chi connectivity index (χ2v) is 6.85. The van der Waals surface area contributed by atoms with E-state index in [-0.39, 0.29) is 24.6 Å². The molecule has 30 heavy (non-hydrogen) atoms. The fourth-order valence-corrected chi connectivity index (χ4v) is 3.42. The molecule has 4 heterocycles. The minimum absolute atomic E-state index is 0. The lowest BCUT2D eigenvalue weighted by atomic mass is 9.99. The third-order valence-corrected chi connectivity index (χ3v) is 4.93. The van der Waals surface area contributed by atoms with E-state index >= 15 is 0 Å². The average Bonchev–Trinajstić information content (AvgIpc) is 3.22. The van der Waals surface area contributed by atoms with Gasteiger partial charge in [-0.3, -0.25) is 19.3 Å². The zero-order valence-electron chi connectivity index (χ0n) is 15.7. The van der Waals surface area contributed by atoms with E-state index in [9.17, 15) is 9.18 Å². The van der Waals surface area contributed by atoms with Crippen LogP contribution in [-0.2, 0) is 6.61 Å². The predicted octanol–water partition coefficient (Wildman–Crippen LogP) is 0.179. The molecule has 0 bridgehead atoms. The van der Waals surface area contributed by atoms with Crippen LogP contribution in [0, 0.1) is 11.7 Å². The number of aromatic nitrogens is 4. The molecule has 1 aliphatic carbocycles. The molecule has 2 N–H and O–H groups in total. The lowest BCUT2D eigenvalue weighted by Gasteiger charge is -2.13. The first-order valence-electron chi connectivity index (χ1n) is 9.20. The molecule has 154 valence electrons. The number of halogens is 2. The Labute approximate surface area is 176 Å². The van der Waals surface area contributed by atoms with Gasteiger partial charge in [-0.15, -0.1) is 12.4 Å². The van der Waals surface area contributed by atoms with E-state index in [2.05, 4.69) is 31.9 Å². The SMILES string of the molecule is Cl.O=c1cc(OCc2ccc(F)cn2)ccn1-c1cnc2c(n1)=C1NNCC1CC=2. The number of hydrogen-bond donors (Lipinski definition) is 2. The van der Waals surface area contributed by atoms with Gasteiger partial charge in [0.1, 0.15) is 23.5 Å². The molecule has 1 saturated heterocycles. The van der Waals surface area contributed by atoms with Crippen molar-refractivity contribution < 1.29 is 9.13 Å². The summed E-state index contributed by atoms with van der Waals surface area (Å²) in [5.74, 6) is 0.774. The van der Waals surface area contributed by atoms with Gasteiger partial charge in [-0.1, -0.05) is 6.08 Å². The first kappa shape index (κ1) is 20.0. The molecule has 8 nitrogen and oxygen atoms in total. The van der Waals surface area contributed by atoms with Gasteiger partial charge in [0.15, 0.2) is 5.82 Å². The van der Waals surface area contributed by atoms with Crippen molar-refractivity contribution in [3.05, 3.63) is 75.4 Å². The summed E-state index contributed by atoms with van der Waals surface area (Å²) in [5.41, 5.74) is 7.58. The van der Waals surface area contributed by atoms with Crippen molar-refractivity contribution in [1.82, 2.24) is 30.4 Å². The smallest absolute Gasteiger partial charge is 0.260 e. The molecule has 5 rings (SSSR count). The Hall–Kier alpha value is -3.30. The average molecular weight is 429 g/mol. The number of hydrazine groups is 1. The van der Waals surface area contributed by atoms with E-state index in [1.54, 1.807) is 18.5 Å². The highest BCUT2D eigenvalue weighted by Gasteiger charge is 2.24. The van der Waals surface area contributed by atoms with Crippen LogP contribution in [0.25, 0.3) is 17.6 Å². The van der Waals surface area contributed by atoms with Crippen LogP contribution in [0.3, 0.4) is 0 Å². The summed E-state index contributed by atoms with van der Waals surface area (Å²) in [6, 6.07) is 5.89. The van der Waals surface area contributed by atoms with E-state index in [1.807, 2.05) is 0 Å². The second-order valence-electron chi connectivity index (χ2n) is 6.85. The zero-order chi connectivity index (χ0) is 19.8. The van der Waals surface area contributed by atoms with Crippen molar-refractivity contribution >= 4 is 24.2 Å². The third kappa shape index (κ3) is 3.77. The molecule has 1 atom stereocenters. The molecule has 0 aromatic carbocycles. The fraction of sp³-hybridized carbons (Fsp3) is 0.200. The number of ether oxygens (including phenoxy) is 1. The molecular formula is C20H18ClFN6O2. The van der Waals surface area contributed by atoms with E-state index < -0.39 is 5.82 Å². The van der Waals surface area contributed by atoms with Crippen LogP contribution in [0.4, 0.5) is 4.39 Å². The van der Waals surface area contributed by atoms with Crippen molar-refractivity contribution in [2.45, 2.75) is 13.0 Å². The molecule has 0 radical (unpaired) electrons. The van der Waals surface area contributed by atoms with Crippen LogP contribution in [-0.4, -0.2) is 26.1 Å². The third-order valence-electron chi connectivity index (χ3n) is 4.93. The first-order chi connectivity index (χ1) is 14.2. The zero-order valence-corrected chi connectivity index (χ0v) is 16.5. The van der Waals surface area contributed by atoms with Crippen LogP contribution in [0.5, 0.6) is 5.75 Å². The van der Waals surface area contributed by atoms with Crippen LogP contribution in [0.1, 0.15) is 12.1 Å². The largest absolute Gasteiger partial charge is 0.487 e. The monoisotopic (exact) mass is 428 g/mol. The van der Waals surface area contributed by atoms with Crippen molar-refractivity contribution in [3.8, 4) is 11.6 Å². The summed E-state index contributed by atoms with van der Waals surface area (Å²) < 4.78 is 19.9. The normalized spacial score (nSPS) is 16.6. The van der Waals surface area contributed by atoms with Crippen LogP contribution in [0.15, 0.2) is 47.7 Å². The lowest BCUT2D eigenvalue weighted by Crippen LogP contribution is -2.41. The molecule has 3 aromatic rings. The Balaban J connectivity index is 0.00000218. The highest BCUT2D eigenvalue weighted by Crippen LogP contribution is 2.17. The number of nitrogens with one attached hydrogen (secondary N) is 2. The first-order valence-corrected chi connectivity index (χ1v) is 9.20. The molecule has 0 saturated carbocycles. The summed E-state index contributed by atoms with van der Waals surface area (Å²) >= 11 is 0. The maximum atomic E-state index is 12.9. The Morgan fingerprint density at radius 3 is 2.93 bits per heavy atom. The van der Waals surface area contributed by atoms with Gasteiger partial charge in [0.05, 0.1) is 29.1 Å². The van der Waals surface area contributed by atoms with Gasteiger partial charge in [0, 0.05) is 24.7 Å². The second kappa shape index (κ2) is 8.21. The lowest BCUT2D eigenvalue weighted by molar-refractivity contribution is 0.300. The number of hydrogen-bond acceptors (Lipinski definition) is 7. The number of fused-ring (bicyclic) bond motifs is 2. The number of pyridine rings is 2. The molecule has 1 unspecified atom stereocenters. The summed E-state index contributed by atoms with van der Waals surface area (Å²) in [6.45, 7) is 0.975. The van der Waals surface area contributed by atoms with Gasteiger partial charge in [0.25, 0.3) is 5.56 Å². The van der Waals surface area contributed by atoms with Crippen LogP contribution < -0.4 is 31.8 Å². The molecule has 0 amide bonds. The molecule has 10 heteroatoms. The van der Waals surface area contributed by atoms with Gasteiger partial charge >= 0.3 is 0 Å². The highest BCUT2D eigenvalue weighted by atomic mass is 35.5. The van der Waals surface area contributed by atoms with E-state index in [0.717, 1.165) is 35.6 Å². The molecule has 2 aliphatic rings. The topological polar surface area (TPSA) is 94.0 Å². The van der Waals surface area contributed by atoms with Gasteiger partial charge in [-0.05, 0) is 24.6 Å². The number of nitrogens with zero attached hydrogens (tertiary/aromatic N) is 4. The van der Waals surface area contributed by atoms with E-state index in [0.29, 0.717) is 23.2 Å². The Morgan fingerprint density at radius 2 is 2.13 bits per heavy atom. The van der Waals surface area contributed by atoms with Crippen molar-refractivity contribution in [1.29, 1.82) is 0 Å². The summed E-state index contributed by atoms with van der Waals surface area (Å²) in [4.78, 5) is 25.7. The van der Waals surface area contributed by atoms with Crippen LogP contribution in [0.2, 0.25) is 0 Å². The van der Waals surface area contributed by atoms with Crippen LogP contribution >= 0.6 is 12.4 Å². The summed E-state index contributed by atoms with van der Waals surface area (Å²) in [6.07, 6.45) is 7.29. The fourth-order valence-electron chi connectivity index (χ4n) is 3.42. The Morgan fingerprint density at radius 1 is 1.23 bits per heavy atom. The highest BCUT2D eigenvalue weighted by molar-refractivity contribution is 5.85. The molecule has 3 aromatic heterocycles. The van der Waals surface area contributed by atoms with Gasteiger partial charge in [-0.25, -0.2) is 14.8 Å².